The van der Waals surface area contributed by atoms with Gasteiger partial charge in [-0.05, 0) is 43.4 Å². The molecule has 144 valence electrons. The van der Waals surface area contributed by atoms with Gasteiger partial charge in [0.05, 0.1) is 5.56 Å². The summed E-state index contributed by atoms with van der Waals surface area (Å²) in [7, 11) is 0. The van der Waals surface area contributed by atoms with Crippen LogP contribution in [-0.4, -0.2) is 35.1 Å². The standard InChI is InChI=1S/C21H23N5O2/c22-13-15-11-14-3-1-2-4-18(14)25-21(15)26-9-6-16(7-10-26)28-17-5-8-24-19(12-17)20(23)27/h5,8,11-12,16H,1-4,6-7,9-10H2,(H2,23,27). The van der Waals surface area contributed by atoms with E-state index in [2.05, 4.69) is 16.0 Å². The molecule has 2 aromatic heterocycles. The van der Waals surface area contributed by atoms with Crippen LogP contribution in [0.25, 0.3) is 0 Å². The highest BCUT2D eigenvalue weighted by molar-refractivity contribution is 5.91. The average Bonchev–Trinajstić information content (AvgIpc) is 2.73. The molecule has 7 nitrogen and oxygen atoms in total. The molecular weight excluding hydrogens is 354 g/mol. The summed E-state index contributed by atoms with van der Waals surface area (Å²) in [4.78, 5) is 22.2. The van der Waals surface area contributed by atoms with Crippen LogP contribution in [0.4, 0.5) is 5.82 Å². The summed E-state index contributed by atoms with van der Waals surface area (Å²) in [5.74, 6) is 0.844. The lowest BCUT2D eigenvalue weighted by Gasteiger charge is -2.34. The average molecular weight is 377 g/mol. The molecule has 0 bridgehead atoms. The first-order valence-electron chi connectivity index (χ1n) is 9.74. The molecule has 0 atom stereocenters. The second-order valence-electron chi connectivity index (χ2n) is 7.33. The molecule has 0 spiro atoms. The number of rotatable bonds is 4. The van der Waals surface area contributed by atoms with Crippen molar-refractivity contribution in [1.29, 1.82) is 5.26 Å². The van der Waals surface area contributed by atoms with Gasteiger partial charge < -0.3 is 15.4 Å². The van der Waals surface area contributed by atoms with Gasteiger partial charge in [-0.15, -0.1) is 0 Å². The van der Waals surface area contributed by atoms with Crippen LogP contribution in [0.5, 0.6) is 5.75 Å². The third kappa shape index (κ3) is 3.77. The molecule has 0 radical (unpaired) electrons. The Labute approximate surface area is 164 Å². The Morgan fingerprint density at radius 1 is 1.25 bits per heavy atom. The number of ether oxygens (including phenoxy) is 1. The van der Waals surface area contributed by atoms with E-state index < -0.39 is 5.91 Å². The number of aromatic nitrogens is 2. The molecule has 4 rings (SSSR count). The number of carbonyl (C=O) groups excluding carboxylic acids is 1. The zero-order chi connectivity index (χ0) is 19.5. The molecule has 1 fully saturated rings. The zero-order valence-corrected chi connectivity index (χ0v) is 15.7. The highest BCUT2D eigenvalue weighted by Crippen LogP contribution is 2.29. The van der Waals surface area contributed by atoms with Gasteiger partial charge >= 0.3 is 0 Å². The Balaban J connectivity index is 1.44. The quantitative estimate of drug-likeness (QED) is 0.877. The van der Waals surface area contributed by atoms with Crippen molar-refractivity contribution >= 4 is 11.7 Å². The van der Waals surface area contributed by atoms with Crippen molar-refractivity contribution in [2.45, 2.75) is 44.6 Å². The number of anilines is 1. The number of amides is 1. The van der Waals surface area contributed by atoms with Crippen molar-refractivity contribution in [3.63, 3.8) is 0 Å². The summed E-state index contributed by atoms with van der Waals surface area (Å²) in [5, 5.41) is 9.58. The number of carbonyl (C=O) groups is 1. The first-order chi connectivity index (χ1) is 13.6. The second-order valence-corrected chi connectivity index (χ2v) is 7.33. The van der Waals surface area contributed by atoms with E-state index in [9.17, 15) is 10.1 Å². The maximum atomic E-state index is 11.3. The van der Waals surface area contributed by atoms with E-state index >= 15 is 0 Å². The van der Waals surface area contributed by atoms with Crippen LogP contribution in [0.3, 0.4) is 0 Å². The smallest absolute Gasteiger partial charge is 0.267 e. The molecule has 3 heterocycles. The minimum Gasteiger partial charge on any atom is -0.490 e. The van der Waals surface area contributed by atoms with Crippen molar-refractivity contribution in [3.05, 3.63) is 46.9 Å². The van der Waals surface area contributed by atoms with Gasteiger partial charge in [-0.1, -0.05) is 0 Å². The Hall–Kier alpha value is -3.14. The fraction of sp³-hybridized carbons (Fsp3) is 0.429. The predicted octanol–water partition coefficient (Wildman–Crippen LogP) is 2.37. The van der Waals surface area contributed by atoms with E-state index in [0.717, 1.165) is 50.3 Å². The highest BCUT2D eigenvalue weighted by atomic mass is 16.5. The molecule has 28 heavy (non-hydrogen) atoms. The number of aryl methyl sites for hydroxylation is 2. The lowest BCUT2D eigenvalue weighted by molar-refractivity contribution is 0.0994. The van der Waals surface area contributed by atoms with Crippen LogP contribution in [0.15, 0.2) is 24.4 Å². The number of hydrogen-bond acceptors (Lipinski definition) is 6. The molecule has 1 amide bonds. The second kappa shape index (κ2) is 7.85. The largest absolute Gasteiger partial charge is 0.490 e. The summed E-state index contributed by atoms with van der Waals surface area (Å²) in [5.41, 5.74) is 8.52. The normalized spacial score (nSPS) is 16.9. The van der Waals surface area contributed by atoms with E-state index in [-0.39, 0.29) is 11.8 Å². The molecule has 0 unspecified atom stereocenters. The maximum absolute atomic E-state index is 11.3. The van der Waals surface area contributed by atoms with E-state index in [1.165, 1.54) is 24.6 Å². The number of piperidine rings is 1. The maximum Gasteiger partial charge on any atom is 0.267 e. The lowest BCUT2D eigenvalue weighted by Crippen LogP contribution is -2.39. The summed E-state index contributed by atoms with van der Waals surface area (Å²) in [6.45, 7) is 1.55. The minimum atomic E-state index is -0.567. The Kier molecular flexibility index (Phi) is 5.11. The van der Waals surface area contributed by atoms with Gasteiger partial charge in [0.1, 0.15) is 29.4 Å². The van der Waals surface area contributed by atoms with Crippen molar-refractivity contribution in [3.8, 4) is 11.8 Å². The van der Waals surface area contributed by atoms with Gasteiger partial charge in [0.15, 0.2) is 0 Å². The third-order valence-electron chi connectivity index (χ3n) is 5.43. The monoisotopic (exact) mass is 377 g/mol. The van der Waals surface area contributed by atoms with Crippen molar-refractivity contribution in [1.82, 2.24) is 9.97 Å². The van der Waals surface area contributed by atoms with Gasteiger partial charge in [-0.3, -0.25) is 9.78 Å². The molecule has 0 saturated carbocycles. The van der Waals surface area contributed by atoms with Crippen molar-refractivity contribution in [2.24, 2.45) is 5.73 Å². The number of fused-ring (bicyclic) bond motifs is 1. The van der Waals surface area contributed by atoms with Crippen LogP contribution < -0.4 is 15.4 Å². The molecule has 2 aromatic rings. The van der Waals surface area contributed by atoms with Gasteiger partial charge in [-0.2, -0.15) is 5.26 Å². The Morgan fingerprint density at radius 2 is 2.04 bits per heavy atom. The molecule has 1 aliphatic carbocycles. The molecule has 1 aliphatic heterocycles. The van der Waals surface area contributed by atoms with Crippen LogP contribution in [0.2, 0.25) is 0 Å². The Morgan fingerprint density at radius 3 is 2.79 bits per heavy atom. The van der Waals surface area contributed by atoms with Gasteiger partial charge in [-0.25, -0.2) is 4.98 Å². The van der Waals surface area contributed by atoms with Gasteiger partial charge in [0.2, 0.25) is 0 Å². The Bertz CT molecular complexity index is 929. The highest BCUT2D eigenvalue weighted by Gasteiger charge is 2.25. The van der Waals surface area contributed by atoms with E-state index in [0.29, 0.717) is 11.3 Å². The van der Waals surface area contributed by atoms with Crippen LogP contribution in [-0.2, 0) is 12.8 Å². The fourth-order valence-corrected chi connectivity index (χ4v) is 3.94. The number of primary amides is 1. The lowest BCUT2D eigenvalue weighted by atomic mass is 9.94. The van der Waals surface area contributed by atoms with E-state index in [4.69, 9.17) is 15.5 Å². The van der Waals surface area contributed by atoms with Gasteiger partial charge in [0.25, 0.3) is 5.91 Å². The summed E-state index contributed by atoms with van der Waals surface area (Å²) in [6.07, 6.45) is 7.57. The van der Waals surface area contributed by atoms with E-state index in [1.807, 2.05) is 6.07 Å². The fourth-order valence-electron chi connectivity index (χ4n) is 3.94. The topological polar surface area (TPSA) is 105 Å². The number of nitrogens with two attached hydrogens (primary N) is 1. The van der Waals surface area contributed by atoms with Crippen LogP contribution >= 0.6 is 0 Å². The molecule has 1 saturated heterocycles. The van der Waals surface area contributed by atoms with Crippen LogP contribution in [0.1, 0.15) is 53.0 Å². The third-order valence-corrected chi connectivity index (χ3v) is 5.43. The summed E-state index contributed by atoms with van der Waals surface area (Å²) < 4.78 is 6.02. The zero-order valence-electron chi connectivity index (χ0n) is 15.7. The summed E-state index contributed by atoms with van der Waals surface area (Å²) in [6, 6.07) is 7.66. The van der Waals surface area contributed by atoms with Gasteiger partial charge in [0, 0.05) is 43.9 Å². The number of nitriles is 1. The van der Waals surface area contributed by atoms with Crippen molar-refractivity contribution in [2.75, 3.05) is 18.0 Å². The number of hydrogen-bond donors (Lipinski definition) is 1. The van der Waals surface area contributed by atoms with Crippen LogP contribution in [0, 0.1) is 11.3 Å². The molecule has 2 aliphatic rings. The molecule has 2 N–H and O–H groups in total. The minimum absolute atomic E-state index is 0.0440. The molecule has 7 heteroatoms. The first kappa shape index (κ1) is 18.2. The molecule has 0 aromatic carbocycles. The SMILES string of the molecule is N#Cc1cc2c(nc1N1CCC(Oc3ccnc(C(N)=O)c3)CC1)CCCC2. The first-order valence-corrected chi connectivity index (χ1v) is 9.74. The number of pyridine rings is 2. The predicted molar refractivity (Wildman–Crippen MR) is 104 cm³/mol. The summed E-state index contributed by atoms with van der Waals surface area (Å²) >= 11 is 0. The molecular formula is C21H23N5O2. The van der Waals surface area contributed by atoms with E-state index in [1.54, 1.807) is 12.1 Å². The van der Waals surface area contributed by atoms with Crippen molar-refractivity contribution < 1.29 is 9.53 Å². The number of nitrogens with zero attached hydrogens (tertiary/aromatic N) is 4.